The van der Waals surface area contributed by atoms with Gasteiger partial charge < -0.3 is 9.84 Å². The third-order valence-electron chi connectivity index (χ3n) is 4.20. The van der Waals surface area contributed by atoms with Crippen LogP contribution in [0.15, 0.2) is 66.7 Å². The van der Waals surface area contributed by atoms with Gasteiger partial charge in [0.1, 0.15) is 6.10 Å². The zero-order valence-corrected chi connectivity index (χ0v) is 13.4. The summed E-state index contributed by atoms with van der Waals surface area (Å²) in [6.07, 6.45) is 0.796. The number of ether oxygens (including phenoxy) is 1. The average molecular weight is 306 g/mol. The summed E-state index contributed by atoms with van der Waals surface area (Å²) < 4.78 is 6.06. The number of fused-ring (bicyclic) bond motifs is 1. The van der Waals surface area contributed by atoms with Gasteiger partial charge in [0.2, 0.25) is 0 Å². The molecule has 0 saturated carbocycles. The molecule has 2 nitrogen and oxygen atoms in total. The minimum Gasteiger partial charge on any atom is -0.394 e. The van der Waals surface area contributed by atoms with Crippen LogP contribution in [0.5, 0.6) is 0 Å². The minimum atomic E-state index is -0.163. The zero-order chi connectivity index (χ0) is 16.1. The molecule has 0 fully saturated rings. The largest absolute Gasteiger partial charge is 0.394 e. The first-order valence-corrected chi connectivity index (χ1v) is 8.13. The predicted molar refractivity (Wildman–Crippen MR) is 94.6 cm³/mol. The van der Waals surface area contributed by atoms with E-state index in [1.165, 1.54) is 21.9 Å². The van der Waals surface area contributed by atoms with Crippen molar-refractivity contribution in [1.29, 1.82) is 0 Å². The molecule has 118 valence electrons. The Bertz CT molecular complexity index is 774. The second-order valence-electron chi connectivity index (χ2n) is 5.60. The number of rotatable bonds is 6. The molecule has 2 heteroatoms. The van der Waals surface area contributed by atoms with Crippen molar-refractivity contribution in [1.82, 2.24) is 0 Å². The number of aliphatic hydroxyl groups is 1. The number of aliphatic hydroxyl groups excluding tert-OH is 1. The maximum Gasteiger partial charge on any atom is 0.109 e. The van der Waals surface area contributed by atoms with Crippen molar-refractivity contribution in [2.45, 2.75) is 19.4 Å². The van der Waals surface area contributed by atoms with Crippen LogP contribution in [0.2, 0.25) is 0 Å². The van der Waals surface area contributed by atoms with Crippen LogP contribution >= 0.6 is 0 Å². The highest BCUT2D eigenvalue weighted by Gasteiger charge is 2.19. The summed E-state index contributed by atoms with van der Waals surface area (Å²) in [5.74, 6) is 0. The lowest BCUT2D eigenvalue weighted by atomic mass is 9.92. The molecule has 1 N–H and O–H groups in total. The van der Waals surface area contributed by atoms with Crippen LogP contribution in [0, 0.1) is 0 Å². The van der Waals surface area contributed by atoms with E-state index in [4.69, 9.17) is 4.74 Å². The van der Waals surface area contributed by atoms with Gasteiger partial charge in [0, 0.05) is 0 Å². The fourth-order valence-electron chi connectivity index (χ4n) is 3.11. The van der Waals surface area contributed by atoms with Gasteiger partial charge in [-0.1, -0.05) is 73.7 Å². The van der Waals surface area contributed by atoms with Crippen molar-refractivity contribution < 1.29 is 9.84 Å². The zero-order valence-electron chi connectivity index (χ0n) is 13.4. The van der Waals surface area contributed by atoms with E-state index in [0.717, 1.165) is 12.0 Å². The SMILES string of the molecule is CCc1ccccc1C(OCCO)c1cccc2ccccc12. The highest BCUT2D eigenvalue weighted by atomic mass is 16.5. The fraction of sp³-hybridized carbons (Fsp3) is 0.238. The Morgan fingerprint density at radius 2 is 1.57 bits per heavy atom. The Labute approximate surface area is 137 Å². The second-order valence-corrected chi connectivity index (χ2v) is 5.60. The fourth-order valence-corrected chi connectivity index (χ4v) is 3.11. The molecule has 0 aliphatic rings. The molecule has 1 unspecified atom stereocenters. The van der Waals surface area contributed by atoms with E-state index in [0.29, 0.717) is 6.61 Å². The van der Waals surface area contributed by atoms with Crippen molar-refractivity contribution >= 4 is 10.8 Å². The average Bonchev–Trinajstić information content (AvgIpc) is 2.62. The van der Waals surface area contributed by atoms with E-state index >= 15 is 0 Å². The van der Waals surface area contributed by atoms with Crippen molar-refractivity contribution in [3.05, 3.63) is 83.4 Å². The molecule has 0 heterocycles. The van der Waals surface area contributed by atoms with Gasteiger partial charge in [-0.15, -0.1) is 0 Å². The summed E-state index contributed by atoms with van der Waals surface area (Å²) in [4.78, 5) is 0. The van der Waals surface area contributed by atoms with Crippen LogP contribution in [0.1, 0.15) is 29.7 Å². The van der Waals surface area contributed by atoms with Crippen LogP contribution in [-0.4, -0.2) is 18.3 Å². The molecular weight excluding hydrogens is 284 g/mol. The molecule has 0 radical (unpaired) electrons. The quantitative estimate of drug-likeness (QED) is 0.726. The van der Waals surface area contributed by atoms with Crippen molar-refractivity contribution in [2.24, 2.45) is 0 Å². The predicted octanol–water partition coefficient (Wildman–Crippen LogP) is 4.50. The Morgan fingerprint density at radius 1 is 0.870 bits per heavy atom. The summed E-state index contributed by atoms with van der Waals surface area (Å²) in [7, 11) is 0. The van der Waals surface area contributed by atoms with Crippen LogP contribution in [-0.2, 0) is 11.2 Å². The van der Waals surface area contributed by atoms with E-state index in [2.05, 4.69) is 73.7 Å². The third-order valence-corrected chi connectivity index (χ3v) is 4.20. The highest BCUT2D eigenvalue weighted by Crippen LogP contribution is 2.33. The lowest BCUT2D eigenvalue weighted by Crippen LogP contribution is -2.12. The van der Waals surface area contributed by atoms with E-state index in [1.54, 1.807) is 0 Å². The molecule has 0 spiro atoms. The molecule has 1 atom stereocenters. The molecule has 0 saturated heterocycles. The standard InChI is InChI=1S/C21H22O2/c1-2-16-8-3-6-12-19(16)21(23-15-14-22)20-13-7-10-17-9-4-5-11-18(17)20/h3-13,21-22H,2,14-15H2,1H3. The molecule has 0 aliphatic carbocycles. The molecule has 0 bridgehead atoms. The molecular formula is C21H22O2. The molecule has 3 rings (SSSR count). The Morgan fingerprint density at radius 3 is 2.39 bits per heavy atom. The normalized spacial score (nSPS) is 12.4. The van der Waals surface area contributed by atoms with Gasteiger partial charge in [-0.2, -0.15) is 0 Å². The van der Waals surface area contributed by atoms with E-state index in [1.807, 2.05) is 0 Å². The summed E-state index contributed by atoms with van der Waals surface area (Å²) in [6.45, 7) is 2.51. The molecule has 23 heavy (non-hydrogen) atoms. The second kappa shape index (κ2) is 7.40. The van der Waals surface area contributed by atoms with E-state index in [9.17, 15) is 5.11 Å². The van der Waals surface area contributed by atoms with Crippen molar-refractivity contribution in [3.8, 4) is 0 Å². The van der Waals surface area contributed by atoms with Gasteiger partial charge in [0.05, 0.1) is 13.2 Å². The van der Waals surface area contributed by atoms with Gasteiger partial charge in [0.25, 0.3) is 0 Å². The summed E-state index contributed by atoms with van der Waals surface area (Å²) in [5.41, 5.74) is 3.61. The number of hydrogen-bond donors (Lipinski definition) is 1. The first-order chi connectivity index (χ1) is 11.3. The third kappa shape index (κ3) is 3.29. The maximum atomic E-state index is 9.22. The lowest BCUT2D eigenvalue weighted by Gasteiger charge is -2.22. The van der Waals surface area contributed by atoms with Gasteiger partial charge >= 0.3 is 0 Å². The Kier molecular flexibility index (Phi) is 5.06. The smallest absolute Gasteiger partial charge is 0.109 e. The maximum absolute atomic E-state index is 9.22. The Balaban J connectivity index is 2.15. The molecule has 0 aliphatic heterocycles. The van der Waals surface area contributed by atoms with Crippen LogP contribution in [0.3, 0.4) is 0 Å². The number of aryl methyl sites for hydroxylation is 1. The van der Waals surface area contributed by atoms with Gasteiger partial charge in [0.15, 0.2) is 0 Å². The number of hydrogen-bond acceptors (Lipinski definition) is 2. The number of benzene rings is 3. The topological polar surface area (TPSA) is 29.5 Å². The molecule has 0 aromatic heterocycles. The lowest BCUT2D eigenvalue weighted by molar-refractivity contribution is 0.0504. The highest BCUT2D eigenvalue weighted by molar-refractivity contribution is 5.86. The molecule has 3 aromatic carbocycles. The van der Waals surface area contributed by atoms with Gasteiger partial charge in [-0.25, -0.2) is 0 Å². The van der Waals surface area contributed by atoms with Crippen LogP contribution < -0.4 is 0 Å². The van der Waals surface area contributed by atoms with Gasteiger partial charge in [-0.3, -0.25) is 0 Å². The summed E-state index contributed by atoms with van der Waals surface area (Å²) >= 11 is 0. The van der Waals surface area contributed by atoms with Gasteiger partial charge in [-0.05, 0) is 33.9 Å². The van der Waals surface area contributed by atoms with Crippen LogP contribution in [0.4, 0.5) is 0 Å². The van der Waals surface area contributed by atoms with Crippen molar-refractivity contribution in [3.63, 3.8) is 0 Å². The monoisotopic (exact) mass is 306 g/mol. The summed E-state index contributed by atoms with van der Waals surface area (Å²) in [5, 5.41) is 11.6. The van der Waals surface area contributed by atoms with E-state index < -0.39 is 0 Å². The molecule has 3 aromatic rings. The Hall–Kier alpha value is -2.16. The minimum absolute atomic E-state index is 0.0234. The van der Waals surface area contributed by atoms with Crippen LogP contribution in [0.25, 0.3) is 10.8 Å². The summed E-state index contributed by atoms with van der Waals surface area (Å²) in [6, 6.07) is 23.1. The van der Waals surface area contributed by atoms with E-state index in [-0.39, 0.29) is 12.7 Å². The first kappa shape index (κ1) is 15.7. The first-order valence-electron chi connectivity index (χ1n) is 8.13. The molecule has 0 amide bonds. The van der Waals surface area contributed by atoms with Crippen molar-refractivity contribution in [2.75, 3.05) is 13.2 Å².